The molecule has 1 aliphatic rings. The van der Waals surface area contributed by atoms with E-state index in [2.05, 4.69) is 4.74 Å². The standard InChI is InChI=1S/C6H10O3/c1-3-4(2)6(8)9-5(3)7/h3-5,7H,1-2H3/t3-,4+,5-/m0/s1. The summed E-state index contributed by atoms with van der Waals surface area (Å²) >= 11 is 0. The molecule has 0 aliphatic carbocycles. The molecule has 3 atom stereocenters. The fourth-order valence-corrected chi connectivity index (χ4v) is 0.795. The summed E-state index contributed by atoms with van der Waals surface area (Å²) in [7, 11) is 0. The van der Waals surface area contributed by atoms with Crippen LogP contribution in [-0.4, -0.2) is 17.4 Å². The molecular formula is C6H10O3. The van der Waals surface area contributed by atoms with E-state index in [0.717, 1.165) is 0 Å². The molecule has 9 heavy (non-hydrogen) atoms. The van der Waals surface area contributed by atoms with Crippen molar-refractivity contribution in [3.05, 3.63) is 0 Å². The van der Waals surface area contributed by atoms with Crippen LogP contribution in [0, 0.1) is 11.8 Å². The van der Waals surface area contributed by atoms with Crippen LogP contribution in [0.15, 0.2) is 0 Å². The molecule has 1 heterocycles. The SMILES string of the molecule is C[C@@H]1[C@@H](O)OC(=O)[C@@H]1C. The number of cyclic esters (lactones) is 1. The van der Waals surface area contributed by atoms with Crippen LogP contribution in [0.1, 0.15) is 13.8 Å². The minimum atomic E-state index is -0.882. The van der Waals surface area contributed by atoms with Crippen LogP contribution in [0.5, 0.6) is 0 Å². The number of aliphatic hydroxyl groups is 1. The molecule has 0 amide bonds. The molecule has 1 rings (SSSR count). The lowest BCUT2D eigenvalue weighted by atomic mass is 9.99. The summed E-state index contributed by atoms with van der Waals surface area (Å²) in [4.78, 5) is 10.6. The second kappa shape index (κ2) is 1.99. The van der Waals surface area contributed by atoms with Gasteiger partial charge in [0.1, 0.15) is 0 Å². The van der Waals surface area contributed by atoms with Crippen LogP contribution in [0.2, 0.25) is 0 Å². The van der Waals surface area contributed by atoms with Crippen molar-refractivity contribution in [3.8, 4) is 0 Å². The van der Waals surface area contributed by atoms with Gasteiger partial charge < -0.3 is 9.84 Å². The Morgan fingerprint density at radius 3 is 2.22 bits per heavy atom. The van der Waals surface area contributed by atoms with E-state index in [4.69, 9.17) is 5.11 Å². The minimum Gasteiger partial charge on any atom is -0.435 e. The van der Waals surface area contributed by atoms with E-state index in [1.54, 1.807) is 13.8 Å². The van der Waals surface area contributed by atoms with E-state index in [1.807, 2.05) is 0 Å². The second-order valence-corrected chi connectivity index (χ2v) is 2.48. The first-order chi connectivity index (χ1) is 4.13. The van der Waals surface area contributed by atoms with E-state index in [1.165, 1.54) is 0 Å². The van der Waals surface area contributed by atoms with Gasteiger partial charge in [-0.25, -0.2) is 0 Å². The highest BCUT2D eigenvalue weighted by molar-refractivity contribution is 5.74. The number of hydrogen-bond donors (Lipinski definition) is 1. The maximum Gasteiger partial charge on any atom is 0.311 e. The molecule has 0 spiro atoms. The summed E-state index contributed by atoms with van der Waals surface area (Å²) in [5.74, 6) is -0.507. The number of hydrogen-bond acceptors (Lipinski definition) is 3. The molecule has 0 bridgehead atoms. The van der Waals surface area contributed by atoms with Crippen molar-refractivity contribution in [1.82, 2.24) is 0 Å². The molecule has 1 saturated heterocycles. The van der Waals surface area contributed by atoms with Gasteiger partial charge in [0.25, 0.3) is 0 Å². The Balaban J connectivity index is 2.65. The summed E-state index contributed by atoms with van der Waals surface area (Å²) in [6.07, 6.45) is -0.882. The van der Waals surface area contributed by atoms with Crippen LogP contribution >= 0.6 is 0 Å². The molecule has 0 radical (unpaired) electrons. The van der Waals surface area contributed by atoms with E-state index in [-0.39, 0.29) is 17.8 Å². The van der Waals surface area contributed by atoms with Gasteiger partial charge in [-0.05, 0) is 0 Å². The molecule has 0 aromatic rings. The number of esters is 1. The van der Waals surface area contributed by atoms with Gasteiger partial charge in [-0.3, -0.25) is 4.79 Å². The maximum absolute atomic E-state index is 10.6. The highest BCUT2D eigenvalue weighted by atomic mass is 16.6. The van der Waals surface area contributed by atoms with Crippen molar-refractivity contribution in [3.63, 3.8) is 0 Å². The van der Waals surface area contributed by atoms with Gasteiger partial charge in [0.2, 0.25) is 6.29 Å². The highest BCUT2D eigenvalue weighted by Crippen LogP contribution is 2.25. The summed E-state index contributed by atoms with van der Waals surface area (Å²) in [5, 5.41) is 8.90. The Kier molecular flexibility index (Phi) is 1.45. The zero-order valence-corrected chi connectivity index (χ0v) is 5.50. The van der Waals surface area contributed by atoms with Crippen LogP contribution in [0.25, 0.3) is 0 Å². The smallest absolute Gasteiger partial charge is 0.311 e. The third kappa shape index (κ3) is 0.920. The average molecular weight is 130 g/mol. The molecule has 1 aliphatic heterocycles. The number of aliphatic hydroxyl groups excluding tert-OH is 1. The van der Waals surface area contributed by atoms with E-state index in [9.17, 15) is 4.79 Å². The van der Waals surface area contributed by atoms with Gasteiger partial charge >= 0.3 is 5.97 Å². The average Bonchev–Trinajstić information content (AvgIpc) is 1.98. The van der Waals surface area contributed by atoms with Crippen LogP contribution in [0.3, 0.4) is 0 Å². The topological polar surface area (TPSA) is 46.5 Å². The fraction of sp³-hybridized carbons (Fsp3) is 0.833. The number of ether oxygens (including phenoxy) is 1. The number of rotatable bonds is 0. The summed E-state index contributed by atoms with van der Waals surface area (Å²) < 4.78 is 4.50. The van der Waals surface area contributed by atoms with E-state index >= 15 is 0 Å². The zero-order valence-electron chi connectivity index (χ0n) is 5.50. The summed E-state index contributed by atoms with van der Waals surface area (Å²) in [6.45, 7) is 3.55. The lowest BCUT2D eigenvalue weighted by Crippen LogP contribution is -2.14. The lowest BCUT2D eigenvalue weighted by molar-refractivity contribution is -0.156. The van der Waals surface area contributed by atoms with Crippen molar-refractivity contribution in [2.45, 2.75) is 20.1 Å². The zero-order chi connectivity index (χ0) is 7.02. The first-order valence-electron chi connectivity index (χ1n) is 3.01. The molecule has 52 valence electrons. The fourth-order valence-electron chi connectivity index (χ4n) is 0.795. The quantitative estimate of drug-likeness (QED) is 0.474. The maximum atomic E-state index is 10.6. The molecule has 3 nitrogen and oxygen atoms in total. The molecule has 0 unspecified atom stereocenters. The van der Waals surface area contributed by atoms with E-state index < -0.39 is 6.29 Å². The Morgan fingerprint density at radius 2 is 2.11 bits per heavy atom. The first kappa shape index (κ1) is 6.55. The third-order valence-electron chi connectivity index (χ3n) is 1.85. The Labute approximate surface area is 53.6 Å². The highest BCUT2D eigenvalue weighted by Gasteiger charge is 2.37. The molecular weight excluding hydrogens is 120 g/mol. The molecule has 3 heteroatoms. The largest absolute Gasteiger partial charge is 0.435 e. The normalized spacial score (nSPS) is 43.0. The van der Waals surface area contributed by atoms with Crippen molar-refractivity contribution in [2.75, 3.05) is 0 Å². The summed E-state index contributed by atoms with van der Waals surface area (Å²) in [5.41, 5.74) is 0. The first-order valence-corrected chi connectivity index (χ1v) is 3.01. The molecule has 0 saturated carbocycles. The monoisotopic (exact) mass is 130 g/mol. The van der Waals surface area contributed by atoms with Crippen LogP contribution in [0.4, 0.5) is 0 Å². The van der Waals surface area contributed by atoms with Gasteiger partial charge in [-0.1, -0.05) is 13.8 Å². The number of carbonyl (C=O) groups excluding carboxylic acids is 1. The predicted octanol–water partition coefficient (Wildman–Crippen LogP) is 0.134. The molecule has 1 fully saturated rings. The molecule has 1 N–H and O–H groups in total. The Hall–Kier alpha value is -0.570. The van der Waals surface area contributed by atoms with Crippen molar-refractivity contribution in [2.24, 2.45) is 11.8 Å². The van der Waals surface area contributed by atoms with Gasteiger partial charge in [0, 0.05) is 5.92 Å². The summed E-state index contributed by atoms with van der Waals surface area (Å²) in [6, 6.07) is 0. The van der Waals surface area contributed by atoms with Crippen LogP contribution < -0.4 is 0 Å². The van der Waals surface area contributed by atoms with Gasteiger partial charge in [0.15, 0.2) is 0 Å². The lowest BCUT2D eigenvalue weighted by Gasteiger charge is -2.05. The second-order valence-electron chi connectivity index (χ2n) is 2.48. The molecule has 0 aromatic heterocycles. The Bertz CT molecular complexity index is 132. The molecule has 0 aromatic carbocycles. The third-order valence-corrected chi connectivity index (χ3v) is 1.85. The van der Waals surface area contributed by atoms with Crippen molar-refractivity contribution in [1.29, 1.82) is 0 Å². The van der Waals surface area contributed by atoms with Gasteiger partial charge in [0.05, 0.1) is 5.92 Å². The van der Waals surface area contributed by atoms with Crippen molar-refractivity contribution < 1.29 is 14.6 Å². The minimum absolute atomic E-state index is 0.0579. The van der Waals surface area contributed by atoms with Crippen LogP contribution in [-0.2, 0) is 9.53 Å². The van der Waals surface area contributed by atoms with Gasteiger partial charge in [-0.2, -0.15) is 0 Å². The van der Waals surface area contributed by atoms with Gasteiger partial charge in [-0.15, -0.1) is 0 Å². The predicted molar refractivity (Wildman–Crippen MR) is 30.4 cm³/mol. The number of carbonyl (C=O) groups is 1. The Morgan fingerprint density at radius 1 is 1.56 bits per heavy atom. The van der Waals surface area contributed by atoms with E-state index in [0.29, 0.717) is 0 Å². The van der Waals surface area contributed by atoms with Crippen molar-refractivity contribution >= 4 is 5.97 Å².